The number of hydrogen-bond acceptors (Lipinski definition) is 5. The highest BCUT2D eigenvalue weighted by Gasteiger charge is 2.40. The lowest BCUT2D eigenvalue weighted by molar-refractivity contribution is -0.142. The van der Waals surface area contributed by atoms with Gasteiger partial charge >= 0.3 is 12.1 Å². The number of fused-ring (bicyclic) bond motifs is 2. The Morgan fingerprint density at radius 3 is 2.57 bits per heavy atom. The predicted octanol–water partition coefficient (Wildman–Crippen LogP) is 4.14. The van der Waals surface area contributed by atoms with E-state index in [0.29, 0.717) is 35.5 Å². The third-order valence-corrected chi connectivity index (χ3v) is 6.50. The molecule has 0 aliphatic heterocycles. The molecular weight excluding hydrogens is 419 g/mol. The molecule has 0 saturated carbocycles. The zero-order valence-corrected chi connectivity index (χ0v) is 17.5. The highest BCUT2D eigenvalue weighted by molar-refractivity contribution is 7.17. The summed E-state index contributed by atoms with van der Waals surface area (Å²) in [7, 11) is 0. The van der Waals surface area contributed by atoms with Gasteiger partial charge in [0.1, 0.15) is 11.5 Å². The molecule has 2 aliphatic carbocycles. The predicted molar refractivity (Wildman–Crippen MR) is 105 cm³/mol. The molecule has 2 aromatic rings. The number of ether oxygens (including phenoxy) is 1. The molecule has 0 fully saturated rings. The van der Waals surface area contributed by atoms with E-state index in [0.717, 1.165) is 34.4 Å². The van der Waals surface area contributed by atoms with Crippen LogP contribution in [-0.4, -0.2) is 27.8 Å². The largest absolute Gasteiger partial charge is 0.459 e. The van der Waals surface area contributed by atoms with Gasteiger partial charge in [-0.2, -0.15) is 18.3 Å². The molecule has 0 radical (unpaired) electrons. The Labute approximate surface area is 175 Å². The molecule has 1 amide bonds. The van der Waals surface area contributed by atoms with Crippen LogP contribution in [0.1, 0.15) is 64.4 Å². The molecule has 162 valence electrons. The smallest absolute Gasteiger partial charge is 0.435 e. The van der Waals surface area contributed by atoms with Gasteiger partial charge < -0.3 is 10.1 Å². The summed E-state index contributed by atoms with van der Waals surface area (Å²) in [5, 5.41) is 6.79. The first-order chi connectivity index (χ1) is 14.1. The van der Waals surface area contributed by atoms with Gasteiger partial charge in [0.15, 0.2) is 5.69 Å². The van der Waals surface area contributed by atoms with E-state index in [1.165, 1.54) is 11.3 Å². The van der Waals surface area contributed by atoms with Gasteiger partial charge in [-0.3, -0.25) is 9.48 Å². The first kappa shape index (κ1) is 20.9. The number of hydrogen-bond donors (Lipinski definition) is 1. The lowest BCUT2D eigenvalue weighted by atomic mass is 10.1. The van der Waals surface area contributed by atoms with Crippen molar-refractivity contribution in [1.82, 2.24) is 9.78 Å². The highest BCUT2D eigenvalue weighted by atomic mass is 32.1. The van der Waals surface area contributed by atoms with Crippen LogP contribution < -0.4 is 5.32 Å². The van der Waals surface area contributed by atoms with Crippen molar-refractivity contribution >= 4 is 28.2 Å². The van der Waals surface area contributed by atoms with Gasteiger partial charge in [0.2, 0.25) is 5.91 Å². The van der Waals surface area contributed by atoms with Gasteiger partial charge in [0, 0.05) is 16.1 Å². The van der Waals surface area contributed by atoms with E-state index in [4.69, 9.17) is 4.74 Å². The number of nitrogens with one attached hydrogen (secondary N) is 1. The summed E-state index contributed by atoms with van der Waals surface area (Å²) in [5.74, 6) is -1.00. The van der Waals surface area contributed by atoms with Crippen molar-refractivity contribution in [3.63, 3.8) is 0 Å². The fraction of sp³-hybridized carbons (Fsp3) is 0.550. The Morgan fingerprint density at radius 2 is 1.87 bits per heavy atom. The number of anilines is 1. The second-order valence-corrected chi connectivity index (χ2v) is 8.95. The average molecular weight is 441 g/mol. The van der Waals surface area contributed by atoms with Crippen LogP contribution in [0.3, 0.4) is 0 Å². The van der Waals surface area contributed by atoms with Crippen LogP contribution in [0.15, 0.2) is 0 Å². The van der Waals surface area contributed by atoms with Gasteiger partial charge in [0.25, 0.3) is 0 Å². The third-order valence-electron chi connectivity index (χ3n) is 5.29. The second kappa shape index (κ2) is 7.72. The first-order valence-corrected chi connectivity index (χ1v) is 10.8. The minimum absolute atomic E-state index is 0.187. The van der Waals surface area contributed by atoms with Gasteiger partial charge in [-0.05, 0) is 57.9 Å². The van der Waals surface area contributed by atoms with Crippen LogP contribution in [0, 0.1) is 0 Å². The number of aryl methyl sites for hydroxylation is 1. The average Bonchev–Trinajstić information content (AvgIpc) is 3.34. The maximum absolute atomic E-state index is 13.3. The molecule has 0 unspecified atom stereocenters. The minimum Gasteiger partial charge on any atom is -0.459 e. The van der Waals surface area contributed by atoms with Crippen LogP contribution in [0.5, 0.6) is 0 Å². The summed E-state index contributed by atoms with van der Waals surface area (Å²) >= 11 is 1.34. The van der Waals surface area contributed by atoms with E-state index >= 15 is 0 Å². The molecule has 2 aliphatic rings. The monoisotopic (exact) mass is 441 g/mol. The minimum atomic E-state index is -4.54. The van der Waals surface area contributed by atoms with Gasteiger partial charge in [-0.1, -0.05) is 0 Å². The van der Waals surface area contributed by atoms with E-state index in [-0.39, 0.29) is 18.2 Å². The standard InChI is InChI=1S/C20H22F3N3O3S/c1-10(2)29-19(28)16-12-6-4-8-14(12)30-18(16)24-15(27)9-26-13-7-3-5-11(13)17(25-26)20(21,22)23/h10H,3-9H2,1-2H3,(H,24,27). The number of esters is 1. The fourth-order valence-electron chi connectivity index (χ4n) is 4.15. The molecular formula is C20H22F3N3O3S. The maximum Gasteiger partial charge on any atom is 0.435 e. The van der Waals surface area contributed by atoms with Gasteiger partial charge in [0.05, 0.1) is 11.7 Å². The fourth-order valence-corrected chi connectivity index (χ4v) is 5.44. The van der Waals surface area contributed by atoms with E-state index in [9.17, 15) is 22.8 Å². The normalized spacial score (nSPS) is 15.4. The Kier molecular flexibility index (Phi) is 5.37. The molecule has 30 heavy (non-hydrogen) atoms. The quantitative estimate of drug-likeness (QED) is 0.708. The third kappa shape index (κ3) is 3.84. The summed E-state index contributed by atoms with van der Waals surface area (Å²) in [6, 6.07) is 0. The summed E-state index contributed by atoms with van der Waals surface area (Å²) in [5.41, 5.74) is 1.02. The maximum atomic E-state index is 13.3. The van der Waals surface area contributed by atoms with Crippen LogP contribution in [0.25, 0.3) is 0 Å². The summed E-state index contributed by atoms with van der Waals surface area (Å²) < 4.78 is 46.2. The molecule has 10 heteroatoms. The summed E-state index contributed by atoms with van der Waals surface area (Å²) in [6.45, 7) is 3.16. The molecule has 6 nitrogen and oxygen atoms in total. The Hall–Kier alpha value is -2.36. The zero-order chi connectivity index (χ0) is 21.6. The van der Waals surface area contributed by atoms with Crippen LogP contribution in [0.4, 0.5) is 18.2 Å². The number of carbonyl (C=O) groups excluding carboxylic acids is 2. The van der Waals surface area contributed by atoms with Gasteiger partial charge in [-0.15, -0.1) is 11.3 Å². The van der Waals surface area contributed by atoms with Crippen molar-refractivity contribution in [2.45, 2.75) is 71.2 Å². The SMILES string of the molecule is CC(C)OC(=O)c1c(NC(=O)Cn2nc(C(F)(F)F)c3c2CCC3)sc2c1CCC2. The highest BCUT2D eigenvalue weighted by Crippen LogP contribution is 2.40. The number of alkyl halides is 3. The lowest BCUT2D eigenvalue weighted by Gasteiger charge is -2.11. The van der Waals surface area contributed by atoms with Gasteiger partial charge in [-0.25, -0.2) is 4.79 Å². The van der Waals surface area contributed by atoms with Crippen LogP contribution in [0.2, 0.25) is 0 Å². The van der Waals surface area contributed by atoms with Crippen LogP contribution >= 0.6 is 11.3 Å². The molecule has 0 saturated heterocycles. The number of aromatic nitrogens is 2. The molecule has 2 aromatic heterocycles. The topological polar surface area (TPSA) is 73.2 Å². The Morgan fingerprint density at radius 1 is 1.17 bits per heavy atom. The van der Waals surface area contributed by atoms with Crippen molar-refractivity contribution in [3.8, 4) is 0 Å². The molecule has 4 rings (SSSR count). The van der Waals surface area contributed by atoms with Crippen molar-refractivity contribution in [2.75, 3.05) is 5.32 Å². The van der Waals surface area contributed by atoms with Crippen LogP contribution in [-0.2, 0) is 47.9 Å². The summed E-state index contributed by atoms with van der Waals surface area (Å²) in [6.07, 6.45) is -0.938. The molecule has 2 heterocycles. The van der Waals surface area contributed by atoms with Crippen molar-refractivity contribution in [2.24, 2.45) is 0 Å². The molecule has 0 bridgehead atoms. The number of rotatable bonds is 5. The van der Waals surface area contributed by atoms with Crippen molar-refractivity contribution in [3.05, 3.63) is 33.0 Å². The van der Waals surface area contributed by atoms with Crippen molar-refractivity contribution in [1.29, 1.82) is 0 Å². The second-order valence-electron chi connectivity index (χ2n) is 7.85. The molecule has 0 aromatic carbocycles. The zero-order valence-electron chi connectivity index (χ0n) is 16.7. The van der Waals surface area contributed by atoms with E-state index in [1.807, 2.05) is 0 Å². The lowest BCUT2D eigenvalue weighted by Crippen LogP contribution is -2.22. The number of amides is 1. The number of thiophene rings is 1. The van der Waals surface area contributed by atoms with E-state index in [2.05, 4.69) is 10.4 Å². The molecule has 0 atom stereocenters. The number of halogens is 3. The Bertz CT molecular complexity index is 1010. The Balaban J connectivity index is 1.57. The number of carbonyl (C=O) groups is 2. The van der Waals surface area contributed by atoms with E-state index in [1.54, 1.807) is 13.8 Å². The molecule has 1 N–H and O–H groups in total. The summed E-state index contributed by atoms with van der Waals surface area (Å²) in [4.78, 5) is 26.3. The molecule has 0 spiro atoms. The van der Waals surface area contributed by atoms with E-state index < -0.39 is 23.7 Å². The number of nitrogens with zero attached hydrogens (tertiary/aromatic N) is 2. The van der Waals surface area contributed by atoms with Crippen molar-refractivity contribution < 1.29 is 27.5 Å². The first-order valence-electron chi connectivity index (χ1n) is 9.96.